The summed E-state index contributed by atoms with van der Waals surface area (Å²) >= 11 is 0. The van der Waals surface area contributed by atoms with Crippen molar-refractivity contribution in [2.45, 2.75) is 18.9 Å². The van der Waals surface area contributed by atoms with Crippen molar-refractivity contribution in [1.29, 1.82) is 0 Å². The molecule has 0 bridgehead atoms. The molecule has 0 aromatic rings. The highest BCUT2D eigenvalue weighted by atomic mass is 16.2. The van der Waals surface area contributed by atoms with Gasteiger partial charge in [0.1, 0.15) is 0 Å². The van der Waals surface area contributed by atoms with Crippen LogP contribution < -0.4 is 10.6 Å². The average molecular weight is 199 g/mol. The number of carbonyl (C=O) groups excluding carboxylic acids is 2. The molecule has 0 radical (unpaired) electrons. The van der Waals surface area contributed by atoms with Gasteiger partial charge in [0.15, 0.2) is 0 Å². The lowest BCUT2D eigenvalue weighted by atomic mass is 10.5. The minimum Gasteiger partial charge on any atom is -0.347 e. The standard InChI is InChI=1S/C9H17N3O2/c1-12(2)9(14)6-11-8(13)5-10-7-3-4-7/h7,10H,3-6H2,1-2H3,(H,11,13). The second-order valence-electron chi connectivity index (χ2n) is 3.72. The maximum atomic E-state index is 11.2. The van der Waals surface area contributed by atoms with Crippen molar-refractivity contribution >= 4 is 11.8 Å². The van der Waals surface area contributed by atoms with E-state index in [1.807, 2.05) is 0 Å². The Morgan fingerprint density at radius 1 is 1.29 bits per heavy atom. The normalized spacial score (nSPS) is 15.0. The molecule has 1 rings (SSSR count). The van der Waals surface area contributed by atoms with Crippen molar-refractivity contribution in [1.82, 2.24) is 15.5 Å². The van der Waals surface area contributed by atoms with Crippen LogP contribution in [0.2, 0.25) is 0 Å². The lowest BCUT2D eigenvalue weighted by molar-refractivity contribution is -0.130. The van der Waals surface area contributed by atoms with E-state index in [0.29, 0.717) is 12.6 Å². The van der Waals surface area contributed by atoms with Crippen LogP contribution in [0.5, 0.6) is 0 Å². The third-order valence-electron chi connectivity index (χ3n) is 2.06. The maximum absolute atomic E-state index is 11.2. The van der Waals surface area contributed by atoms with Gasteiger partial charge in [-0.05, 0) is 12.8 Å². The Bertz CT molecular complexity index is 224. The van der Waals surface area contributed by atoms with Gasteiger partial charge in [-0.1, -0.05) is 0 Å². The SMILES string of the molecule is CN(C)C(=O)CNC(=O)CNC1CC1. The van der Waals surface area contributed by atoms with Crippen molar-refractivity contribution in [3.8, 4) is 0 Å². The summed E-state index contributed by atoms with van der Waals surface area (Å²) in [6.45, 7) is 0.392. The molecular weight excluding hydrogens is 182 g/mol. The molecule has 1 aliphatic rings. The molecule has 0 saturated heterocycles. The Labute approximate surface area is 83.8 Å². The summed E-state index contributed by atoms with van der Waals surface area (Å²) in [6.07, 6.45) is 2.31. The fraction of sp³-hybridized carbons (Fsp3) is 0.778. The van der Waals surface area contributed by atoms with E-state index in [1.54, 1.807) is 14.1 Å². The smallest absolute Gasteiger partial charge is 0.241 e. The Morgan fingerprint density at radius 3 is 2.43 bits per heavy atom. The highest BCUT2D eigenvalue weighted by Gasteiger charge is 2.21. The Balaban J connectivity index is 2.04. The molecule has 0 unspecified atom stereocenters. The molecule has 0 atom stereocenters. The van der Waals surface area contributed by atoms with Crippen molar-refractivity contribution < 1.29 is 9.59 Å². The number of nitrogens with one attached hydrogen (secondary N) is 2. The lowest BCUT2D eigenvalue weighted by Crippen LogP contribution is -2.40. The number of hydrogen-bond donors (Lipinski definition) is 2. The van der Waals surface area contributed by atoms with Crippen LogP contribution >= 0.6 is 0 Å². The minimum atomic E-state index is -0.118. The molecule has 5 nitrogen and oxygen atoms in total. The van der Waals surface area contributed by atoms with Crippen LogP contribution in [-0.4, -0.2) is 49.9 Å². The number of amides is 2. The quantitative estimate of drug-likeness (QED) is 0.593. The monoisotopic (exact) mass is 199 g/mol. The Morgan fingerprint density at radius 2 is 1.93 bits per heavy atom. The van der Waals surface area contributed by atoms with Gasteiger partial charge in [-0.25, -0.2) is 0 Å². The van der Waals surface area contributed by atoms with Gasteiger partial charge in [0.2, 0.25) is 11.8 Å². The molecule has 1 fully saturated rings. The minimum absolute atomic E-state index is 0.0815. The number of carbonyl (C=O) groups is 2. The molecule has 0 aliphatic heterocycles. The highest BCUT2D eigenvalue weighted by molar-refractivity contribution is 5.85. The third-order valence-corrected chi connectivity index (χ3v) is 2.06. The van der Waals surface area contributed by atoms with Gasteiger partial charge in [-0.15, -0.1) is 0 Å². The van der Waals surface area contributed by atoms with Gasteiger partial charge >= 0.3 is 0 Å². The molecule has 14 heavy (non-hydrogen) atoms. The zero-order valence-electron chi connectivity index (χ0n) is 8.67. The number of hydrogen-bond acceptors (Lipinski definition) is 3. The van der Waals surface area contributed by atoms with Crippen LogP contribution in [0, 0.1) is 0 Å². The van der Waals surface area contributed by atoms with E-state index >= 15 is 0 Å². The maximum Gasteiger partial charge on any atom is 0.241 e. The first-order chi connectivity index (χ1) is 6.59. The first-order valence-electron chi connectivity index (χ1n) is 4.80. The summed E-state index contributed by atoms with van der Waals surface area (Å²) in [6, 6.07) is 0.519. The lowest BCUT2D eigenvalue weighted by Gasteiger charge is -2.10. The van der Waals surface area contributed by atoms with Gasteiger partial charge in [-0.2, -0.15) is 0 Å². The molecule has 1 saturated carbocycles. The summed E-state index contributed by atoms with van der Waals surface area (Å²) < 4.78 is 0. The summed E-state index contributed by atoms with van der Waals surface area (Å²) in [5.74, 6) is -0.211. The van der Waals surface area contributed by atoms with E-state index in [9.17, 15) is 9.59 Å². The zero-order valence-corrected chi connectivity index (χ0v) is 8.67. The van der Waals surface area contributed by atoms with Gasteiger partial charge in [0.05, 0.1) is 13.1 Å². The number of likely N-dealkylation sites (N-methyl/N-ethyl adjacent to an activating group) is 1. The van der Waals surface area contributed by atoms with Crippen LogP contribution in [0.4, 0.5) is 0 Å². The van der Waals surface area contributed by atoms with Crippen molar-refractivity contribution in [3.63, 3.8) is 0 Å². The summed E-state index contributed by atoms with van der Waals surface area (Å²) in [7, 11) is 3.33. The molecule has 2 N–H and O–H groups in total. The second kappa shape index (κ2) is 4.95. The Hall–Kier alpha value is -1.10. The Kier molecular flexibility index (Phi) is 3.88. The van der Waals surface area contributed by atoms with E-state index in [-0.39, 0.29) is 18.4 Å². The first kappa shape index (κ1) is 11.0. The third kappa shape index (κ3) is 4.23. The van der Waals surface area contributed by atoms with Gasteiger partial charge in [-0.3, -0.25) is 9.59 Å². The molecule has 0 heterocycles. The summed E-state index contributed by atoms with van der Waals surface area (Å²) in [5, 5.41) is 5.63. The fourth-order valence-electron chi connectivity index (χ4n) is 0.919. The summed E-state index contributed by atoms with van der Waals surface area (Å²) in [4.78, 5) is 23.7. The second-order valence-corrected chi connectivity index (χ2v) is 3.72. The first-order valence-corrected chi connectivity index (χ1v) is 4.80. The van der Waals surface area contributed by atoms with E-state index in [2.05, 4.69) is 10.6 Å². The van der Waals surface area contributed by atoms with Gasteiger partial charge in [0, 0.05) is 20.1 Å². The molecular formula is C9H17N3O2. The molecule has 5 heteroatoms. The predicted molar refractivity (Wildman–Crippen MR) is 52.7 cm³/mol. The predicted octanol–water partition coefficient (Wildman–Crippen LogP) is -1.06. The highest BCUT2D eigenvalue weighted by Crippen LogP contribution is 2.17. The van der Waals surface area contributed by atoms with E-state index in [1.165, 1.54) is 4.90 Å². The van der Waals surface area contributed by atoms with Crippen LogP contribution in [0.15, 0.2) is 0 Å². The average Bonchev–Trinajstić information content (AvgIpc) is 2.94. The molecule has 2 amide bonds. The van der Waals surface area contributed by atoms with Crippen LogP contribution in [0.1, 0.15) is 12.8 Å². The van der Waals surface area contributed by atoms with Crippen LogP contribution in [0.3, 0.4) is 0 Å². The summed E-state index contributed by atoms with van der Waals surface area (Å²) in [5.41, 5.74) is 0. The van der Waals surface area contributed by atoms with Crippen molar-refractivity contribution in [2.24, 2.45) is 0 Å². The molecule has 0 spiro atoms. The van der Waals surface area contributed by atoms with Gasteiger partial charge in [0.25, 0.3) is 0 Å². The molecule has 80 valence electrons. The van der Waals surface area contributed by atoms with Crippen LogP contribution in [-0.2, 0) is 9.59 Å². The number of rotatable bonds is 5. The van der Waals surface area contributed by atoms with E-state index in [0.717, 1.165) is 12.8 Å². The van der Waals surface area contributed by atoms with Crippen molar-refractivity contribution in [2.75, 3.05) is 27.2 Å². The topological polar surface area (TPSA) is 61.4 Å². The van der Waals surface area contributed by atoms with E-state index in [4.69, 9.17) is 0 Å². The largest absolute Gasteiger partial charge is 0.347 e. The molecule has 0 aromatic heterocycles. The zero-order chi connectivity index (χ0) is 10.6. The van der Waals surface area contributed by atoms with E-state index < -0.39 is 0 Å². The number of nitrogens with zero attached hydrogens (tertiary/aromatic N) is 1. The van der Waals surface area contributed by atoms with Crippen LogP contribution in [0.25, 0.3) is 0 Å². The molecule has 0 aromatic carbocycles. The molecule has 1 aliphatic carbocycles. The van der Waals surface area contributed by atoms with Crippen molar-refractivity contribution in [3.05, 3.63) is 0 Å². The fourth-order valence-corrected chi connectivity index (χ4v) is 0.919. The van der Waals surface area contributed by atoms with Gasteiger partial charge < -0.3 is 15.5 Å².